The first-order valence-corrected chi connectivity index (χ1v) is 13.6. The second kappa shape index (κ2) is 12.7. The number of aliphatic hydroxyl groups excluding tert-OH is 1. The standard InChI is InChI=1S/C27H31F2N3O4.C2H6/c28-22-11-8-19(14-23(22)29)25-24(16-33)36-27(35)32(25)26(34)30-20-12-13-31(15-20)21-9-6-18(7-10-21)17-4-2-1-3-5-17;1-2/h1-5,8,11,14,18,20-21,24-25,33H,6-7,9-10,12-13,15-16H2,(H,30,34);1-2H3. The maximum atomic E-state index is 13.9. The lowest BCUT2D eigenvalue weighted by molar-refractivity contribution is 0.0827. The molecule has 1 aliphatic carbocycles. The molecular weight excluding hydrogens is 492 g/mol. The molecule has 9 heteroatoms. The summed E-state index contributed by atoms with van der Waals surface area (Å²) in [4.78, 5) is 28.9. The quantitative estimate of drug-likeness (QED) is 0.545. The Morgan fingerprint density at radius 1 is 1.00 bits per heavy atom. The molecule has 3 fully saturated rings. The highest BCUT2D eigenvalue weighted by Crippen LogP contribution is 2.36. The molecule has 3 aliphatic rings. The predicted octanol–water partition coefficient (Wildman–Crippen LogP) is 5.36. The lowest BCUT2D eigenvalue weighted by Gasteiger charge is -2.35. The number of carbonyl (C=O) groups excluding carboxylic acids is 2. The highest BCUT2D eigenvalue weighted by atomic mass is 19.2. The Kier molecular flexibility index (Phi) is 9.33. The van der Waals surface area contributed by atoms with E-state index in [1.807, 2.05) is 19.9 Å². The third kappa shape index (κ3) is 5.99. The molecule has 38 heavy (non-hydrogen) atoms. The first-order chi connectivity index (χ1) is 18.4. The van der Waals surface area contributed by atoms with Crippen molar-refractivity contribution >= 4 is 12.1 Å². The zero-order chi connectivity index (χ0) is 27.2. The molecule has 0 spiro atoms. The number of benzene rings is 2. The van der Waals surface area contributed by atoms with Gasteiger partial charge in [0, 0.05) is 25.2 Å². The summed E-state index contributed by atoms with van der Waals surface area (Å²) in [7, 11) is 0. The van der Waals surface area contributed by atoms with Gasteiger partial charge in [0.05, 0.1) is 6.61 Å². The summed E-state index contributed by atoms with van der Waals surface area (Å²) in [5.74, 6) is -1.55. The Morgan fingerprint density at radius 3 is 2.37 bits per heavy atom. The molecule has 3 atom stereocenters. The fourth-order valence-electron chi connectivity index (χ4n) is 5.92. The number of amides is 3. The monoisotopic (exact) mass is 529 g/mol. The van der Waals surface area contributed by atoms with Crippen molar-refractivity contribution in [2.24, 2.45) is 0 Å². The lowest BCUT2D eigenvalue weighted by Crippen LogP contribution is -2.48. The first kappa shape index (κ1) is 28.0. The molecule has 3 amide bonds. The summed E-state index contributed by atoms with van der Waals surface area (Å²) in [6, 6.07) is 12.4. The zero-order valence-corrected chi connectivity index (χ0v) is 22.0. The molecular formula is C29H37F2N3O4. The maximum absolute atomic E-state index is 13.9. The van der Waals surface area contributed by atoms with Gasteiger partial charge >= 0.3 is 12.1 Å². The number of hydrogen-bond donors (Lipinski definition) is 2. The third-order valence-electron chi connectivity index (χ3n) is 7.79. The van der Waals surface area contributed by atoms with Crippen molar-refractivity contribution in [2.45, 2.75) is 76.1 Å². The minimum Gasteiger partial charge on any atom is -0.441 e. The smallest absolute Gasteiger partial charge is 0.419 e. The molecule has 7 nitrogen and oxygen atoms in total. The van der Waals surface area contributed by atoms with E-state index < -0.39 is 42.5 Å². The van der Waals surface area contributed by atoms with Crippen LogP contribution in [0.2, 0.25) is 0 Å². The molecule has 2 heterocycles. The molecule has 1 saturated carbocycles. The zero-order valence-electron chi connectivity index (χ0n) is 22.0. The lowest BCUT2D eigenvalue weighted by atomic mass is 9.81. The van der Waals surface area contributed by atoms with Crippen LogP contribution < -0.4 is 5.32 Å². The molecule has 2 aromatic rings. The largest absolute Gasteiger partial charge is 0.441 e. The van der Waals surface area contributed by atoms with Crippen LogP contribution in [-0.2, 0) is 4.74 Å². The van der Waals surface area contributed by atoms with Gasteiger partial charge in [0.2, 0.25) is 0 Å². The predicted molar refractivity (Wildman–Crippen MR) is 140 cm³/mol. The Labute approximate surface area is 222 Å². The summed E-state index contributed by atoms with van der Waals surface area (Å²) in [5.41, 5.74) is 1.58. The van der Waals surface area contributed by atoms with Gasteiger partial charge in [-0.1, -0.05) is 50.2 Å². The number of aliphatic hydroxyl groups is 1. The number of ether oxygens (including phenoxy) is 1. The van der Waals surface area contributed by atoms with Gasteiger partial charge in [-0.3, -0.25) is 4.90 Å². The summed E-state index contributed by atoms with van der Waals surface area (Å²) in [6.07, 6.45) is 3.26. The van der Waals surface area contributed by atoms with E-state index in [4.69, 9.17) is 4.74 Å². The third-order valence-corrected chi connectivity index (χ3v) is 7.79. The van der Waals surface area contributed by atoms with E-state index in [2.05, 4.69) is 34.5 Å². The molecule has 2 N–H and O–H groups in total. The Morgan fingerprint density at radius 2 is 1.71 bits per heavy atom. The normalized spacial score (nSPS) is 27.4. The minimum absolute atomic E-state index is 0.143. The van der Waals surface area contributed by atoms with Gasteiger partial charge in [-0.25, -0.2) is 23.3 Å². The molecule has 2 aliphatic heterocycles. The van der Waals surface area contributed by atoms with Gasteiger partial charge in [-0.05, 0) is 61.3 Å². The Bertz CT molecular complexity index is 1090. The molecule has 0 radical (unpaired) electrons. The number of nitrogens with one attached hydrogen (secondary N) is 1. The molecule has 5 rings (SSSR count). The van der Waals surface area contributed by atoms with E-state index in [0.717, 1.165) is 55.7 Å². The number of halogens is 2. The maximum Gasteiger partial charge on any atom is 0.419 e. The number of hydrogen-bond acceptors (Lipinski definition) is 5. The fourth-order valence-corrected chi connectivity index (χ4v) is 5.92. The SMILES string of the molecule is CC.O=C(NC1CCN(C2CCC(c3ccccc3)CC2)C1)N1C(=O)OC(CO)C1c1ccc(F)c(F)c1. The van der Waals surface area contributed by atoms with Crippen molar-refractivity contribution in [1.29, 1.82) is 0 Å². The molecule has 0 bridgehead atoms. The minimum atomic E-state index is -1.10. The van der Waals surface area contributed by atoms with Crippen LogP contribution in [0.1, 0.15) is 69.0 Å². The van der Waals surface area contributed by atoms with Gasteiger partial charge < -0.3 is 15.2 Å². The Hall–Kier alpha value is -3.04. The molecule has 206 valence electrons. The van der Waals surface area contributed by atoms with Gasteiger partial charge in [-0.15, -0.1) is 0 Å². The summed E-state index contributed by atoms with van der Waals surface area (Å²) < 4.78 is 32.5. The topological polar surface area (TPSA) is 82.1 Å². The number of cyclic esters (lactones) is 1. The molecule has 2 saturated heterocycles. The highest BCUT2D eigenvalue weighted by molar-refractivity contribution is 5.93. The number of rotatable bonds is 5. The molecule has 2 aromatic carbocycles. The van der Waals surface area contributed by atoms with Crippen LogP contribution in [0.3, 0.4) is 0 Å². The van der Waals surface area contributed by atoms with Gasteiger partial charge in [0.15, 0.2) is 17.7 Å². The van der Waals surface area contributed by atoms with E-state index in [-0.39, 0.29) is 11.6 Å². The first-order valence-electron chi connectivity index (χ1n) is 13.6. The summed E-state index contributed by atoms with van der Waals surface area (Å²) >= 11 is 0. The van der Waals surface area contributed by atoms with Crippen LogP contribution >= 0.6 is 0 Å². The van der Waals surface area contributed by atoms with E-state index in [9.17, 15) is 23.5 Å². The van der Waals surface area contributed by atoms with Crippen LogP contribution in [0, 0.1) is 11.6 Å². The highest BCUT2D eigenvalue weighted by Gasteiger charge is 2.47. The second-order valence-corrected chi connectivity index (χ2v) is 9.94. The van der Waals surface area contributed by atoms with Crippen molar-refractivity contribution in [3.63, 3.8) is 0 Å². The summed E-state index contributed by atoms with van der Waals surface area (Å²) in [6.45, 7) is 5.00. The number of urea groups is 1. The number of carbonyl (C=O) groups is 2. The summed E-state index contributed by atoms with van der Waals surface area (Å²) in [5, 5.41) is 12.6. The van der Waals surface area contributed by atoms with Crippen LogP contribution in [0.4, 0.5) is 18.4 Å². The van der Waals surface area contributed by atoms with Crippen molar-refractivity contribution in [3.8, 4) is 0 Å². The van der Waals surface area contributed by atoms with Crippen LogP contribution in [0.25, 0.3) is 0 Å². The van der Waals surface area contributed by atoms with E-state index in [1.54, 1.807) is 0 Å². The van der Waals surface area contributed by atoms with Crippen molar-refractivity contribution in [3.05, 3.63) is 71.3 Å². The molecule has 3 unspecified atom stereocenters. The van der Waals surface area contributed by atoms with Gasteiger partial charge in [0.25, 0.3) is 0 Å². The van der Waals surface area contributed by atoms with Crippen molar-refractivity contribution < 1.29 is 28.2 Å². The van der Waals surface area contributed by atoms with Gasteiger partial charge in [0.1, 0.15) is 6.04 Å². The van der Waals surface area contributed by atoms with Crippen LogP contribution in [0.15, 0.2) is 48.5 Å². The van der Waals surface area contributed by atoms with Crippen molar-refractivity contribution in [2.75, 3.05) is 19.7 Å². The number of likely N-dealkylation sites (tertiary alicyclic amines) is 1. The van der Waals surface area contributed by atoms with E-state index >= 15 is 0 Å². The Balaban J connectivity index is 0.00000164. The number of nitrogens with zero attached hydrogens (tertiary/aromatic N) is 2. The average Bonchev–Trinajstić information content (AvgIpc) is 3.56. The number of imide groups is 1. The van der Waals surface area contributed by atoms with Crippen LogP contribution in [-0.4, -0.2) is 64.9 Å². The van der Waals surface area contributed by atoms with Crippen LogP contribution in [0.5, 0.6) is 0 Å². The second-order valence-electron chi connectivity index (χ2n) is 9.94. The average molecular weight is 530 g/mol. The van der Waals surface area contributed by atoms with E-state index in [1.165, 1.54) is 11.6 Å². The van der Waals surface area contributed by atoms with Crippen molar-refractivity contribution in [1.82, 2.24) is 15.1 Å². The van der Waals surface area contributed by atoms with E-state index in [0.29, 0.717) is 18.5 Å². The molecule has 0 aromatic heterocycles. The van der Waals surface area contributed by atoms with Gasteiger partial charge in [-0.2, -0.15) is 0 Å². The fraction of sp³-hybridized carbons (Fsp3) is 0.517.